The number of rotatable bonds is 8. The Labute approximate surface area is 227 Å². The highest BCUT2D eigenvalue weighted by atomic mass is 16.5. The van der Waals surface area contributed by atoms with Crippen LogP contribution in [-0.2, 0) is 14.4 Å². The molecule has 0 spiro atoms. The lowest BCUT2D eigenvalue weighted by Crippen LogP contribution is -2.54. The molecule has 1 aliphatic heterocycles. The van der Waals surface area contributed by atoms with Crippen LogP contribution in [0.15, 0.2) is 53.7 Å². The van der Waals surface area contributed by atoms with Gasteiger partial charge in [-0.15, -0.1) is 0 Å². The van der Waals surface area contributed by atoms with E-state index in [-0.39, 0.29) is 23.2 Å². The SMILES string of the molecule is COc1ccc(NC(=NO)c2ccc(C(=O)N(C(C)=O)C(=O)[C@@H]3CCCN3C(=O)[C@H](N)CC(C)C)cc2)cc1. The van der Waals surface area contributed by atoms with Gasteiger partial charge >= 0.3 is 0 Å². The van der Waals surface area contributed by atoms with Crippen LogP contribution < -0.4 is 15.8 Å². The molecule has 11 heteroatoms. The van der Waals surface area contributed by atoms with Crippen LogP contribution in [0.5, 0.6) is 5.75 Å². The zero-order valence-corrected chi connectivity index (χ0v) is 22.6. The summed E-state index contributed by atoms with van der Waals surface area (Å²) in [6, 6.07) is 11.2. The minimum absolute atomic E-state index is 0.0800. The third-order valence-electron chi connectivity index (χ3n) is 6.46. The Morgan fingerprint density at radius 3 is 2.26 bits per heavy atom. The number of nitrogens with two attached hydrogens (primary N) is 1. The summed E-state index contributed by atoms with van der Waals surface area (Å²) in [5, 5.41) is 15.8. The maximum Gasteiger partial charge on any atom is 0.267 e. The van der Waals surface area contributed by atoms with Crippen LogP contribution >= 0.6 is 0 Å². The van der Waals surface area contributed by atoms with Gasteiger partial charge in [0.2, 0.25) is 11.8 Å². The molecule has 2 aromatic carbocycles. The Hall–Kier alpha value is -4.25. The van der Waals surface area contributed by atoms with Gasteiger partial charge in [0.1, 0.15) is 11.8 Å². The molecule has 0 radical (unpaired) electrons. The van der Waals surface area contributed by atoms with Crippen molar-refractivity contribution in [3.63, 3.8) is 0 Å². The second kappa shape index (κ2) is 13.0. The normalized spacial score (nSPS) is 16.1. The summed E-state index contributed by atoms with van der Waals surface area (Å²) in [4.78, 5) is 54.1. The smallest absolute Gasteiger partial charge is 0.267 e. The van der Waals surface area contributed by atoms with E-state index < -0.39 is 29.8 Å². The van der Waals surface area contributed by atoms with Crippen molar-refractivity contribution in [2.24, 2.45) is 16.8 Å². The standard InChI is InChI=1S/C28H35N5O6/c1-17(2)16-23(29)27(36)32-15-5-6-24(32)28(37)33(18(3)34)26(35)20-9-7-19(8-10-20)25(31-38)30-21-11-13-22(39-4)14-12-21/h7-14,17,23-24,38H,5-6,15-16,29H2,1-4H3,(H,30,31)/t23-,24+/m1/s1. The summed E-state index contributed by atoms with van der Waals surface area (Å²) in [6.45, 7) is 5.36. The van der Waals surface area contributed by atoms with Crippen LogP contribution in [0.3, 0.4) is 0 Å². The van der Waals surface area contributed by atoms with E-state index in [9.17, 15) is 24.4 Å². The minimum atomic E-state index is -0.940. The monoisotopic (exact) mass is 537 g/mol. The summed E-state index contributed by atoms with van der Waals surface area (Å²) >= 11 is 0. The van der Waals surface area contributed by atoms with Crippen LogP contribution in [0.2, 0.25) is 0 Å². The molecule has 4 amide bonds. The lowest BCUT2D eigenvalue weighted by molar-refractivity contribution is -0.148. The molecule has 2 aromatic rings. The maximum absolute atomic E-state index is 13.4. The number of amidine groups is 1. The van der Waals surface area contributed by atoms with Gasteiger partial charge in [0.25, 0.3) is 11.8 Å². The molecule has 1 aliphatic rings. The molecule has 208 valence electrons. The predicted octanol–water partition coefficient (Wildman–Crippen LogP) is 2.82. The van der Waals surface area contributed by atoms with Gasteiger partial charge in [-0.3, -0.25) is 19.2 Å². The Morgan fingerprint density at radius 2 is 1.72 bits per heavy atom. The number of methoxy groups -OCH3 is 1. The number of imide groups is 3. The largest absolute Gasteiger partial charge is 0.497 e. The number of carbonyl (C=O) groups excluding carboxylic acids is 4. The number of likely N-dealkylation sites (tertiary alicyclic amines) is 1. The number of benzene rings is 2. The molecule has 0 aromatic heterocycles. The van der Waals surface area contributed by atoms with Crippen LogP contribution in [0.25, 0.3) is 0 Å². The summed E-state index contributed by atoms with van der Waals surface area (Å²) < 4.78 is 5.13. The lowest BCUT2D eigenvalue weighted by atomic mass is 10.0. The molecular formula is C28H35N5O6. The summed E-state index contributed by atoms with van der Waals surface area (Å²) in [5.74, 6) is -1.69. The predicted molar refractivity (Wildman–Crippen MR) is 145 cm³/mol. The van der Waals surface area contributed by atoms with Gasteiger partial charge in [0.15, 0.2) is 5.84 Å². The number of anilines is 1. The van der Waals surface area contributed by atoms with Gasteiger partial charge in [-0.25, -0.2) is 4.90 Å². The Morgan fingerprint density at radius 1 is 1.10 bits per heavy atom. The first kappa shape index (κ1) is 29.3. The second-order valence-electron chi connectivity index (χ2n) is 9.80. The number of hydrogen-bond acceptors (Lipinski definition) is 8. The highest BCUT2D eigenvalue weighted by molar-refractivity contribution is 6.17. The van der Waals surface area contributed by atoms with E-state index in [0.29, 0.717) is 47.7 Å². The first-order valence-corrected chi connectivity index (χ1v) is 12.8. The number of carbonyl (C=O) groups is 4. The van der Waals surface area contributed by atoms with Gasteiger partial charge in [-0.2, -0.15) is 0 Å². The third kappa shape index (κ3) is 6.99. The molecule has 2 atom stereocenters. The number of nitrogens with one attached hydrogen (secondary N) is 1. The topological polar surface area (TPSA) is 155 Å². The van der Waals surface area contributed by atoms with Crippen LogP contribution in [0, 0.1) is 5.92 Å². The highest BCUT2D eigenvalue weighted by Gasteiger charge is 2.41. The van der Waals surface area contributed by atoms with Crippen LogP contribution in [0.1, 0.15) is 56.0 Å². The van der Waals surface area contributed by atoms with Crippen molar-refractivity contribution in [2.45, 2.75) is 52.1 Å². The lowest BCUT2D eigenvalue weighted by Gasteiger charge is -2.30. The van der Waals surface area contributed by atoms with Gasteiger partial charge in [-0.1, -0.05) is 31.1 Å². The molecule has 0 bridgehead atoms. The third-order valence-corrected chi connectivity index (χ3v) is 6.46. The van der Waals surface area contributed by atoms with E-state index in [1.807, 2.05) is 13.8 Å². The van der Waals surface area contributed by atoms with Gasteiger partial charge in [0, 0.05) is 30.3 Å². The van der Waals surface area contributed by atoms with E-state index in [4.69, 9.17) is 10.5 Å². The molecule has 11 nitrogen and oxygen atoms in total. The Bertz CT molecular complexity index is 1230. The number of ether oxygens (including phenoxy) is 1. The molecule has 4 N–H and O–H groups in total. The average Bonchev–Trinajstić information content (AvgIpc) is 3.41. The molecule has 39 heavy (non-hydrogen) atoms. The summed E-state index contributed by atoms with van der Waals surface area (Å²) in [5.41, 5.74) is 7.25. The van der Waals surface area contributed by atoms with E-state index in [1.54, 1.807) is 31.4 Å². The van der Waals surface area contributed by atoms with Crippen molar-refractivity contribution in [3.8, 4) is 5.75 Å². The highest BCUT2D eigenvalue weighted by Crippen LogP contribution is 2.23. The van der Waals surface area contributed by atoms with Gasteiger partial charge in [0.05, 0.1) is 13.2 Å². The maximum atomic E-state index is 13.4. The second-order valence-corrected chi connectivity index (χ2v) is 9.80. The van der Waals surface area contributed by atoms with E-state index in [0.717, 1.165) is 6.92 Å². The van der Waals surface area contributed by atoms with E-state index >= 15 is 0 Å². The van der Waals surface area contributed by atoms with Crippen molar-refractivity contribution in [1.29, 1.82) is 0 Å². The van der Waals surface area contributed by atoms with Gasteiger partial charge < -0.3 is 25.9 Å². The summed E-state index contributed by atoms with van der Waals surface area (Å²) in [6.07, 6.45) is 1.36. The molecule has 3 rings (SSSR count). The van der Waals surface area contributed by atoms with Crippen molar-refractivity contribution in [3.05, 3.63) is 59.7 Å². The van der Waals surface area contributed by atoms with E-state index in [2.05, 4.69) is 10.5 Å². The fraction of sp³-hybridized carbons (Fsp3) is 0.393. The van der Waals surface area contributed by atoms with Crippen molar-refractivity contribution in [1.82, 2.24) is 9.80 Å². The molecule has 0 unspecified atom stereocenters. The molecule has 0 saturated carbocycles. The zero-order chi connectivity index (χ0) is 28.7. The van der Waals surface area contributed by atoms with Gasteiger partial charge in [-0.05, 0) is 61.6 Å². The first-order chi connectivity index (χ1) is 18.6. The van der Waals surface area contributed by atoms with Crippen molar-refractivity contribution < 1.29 is 29.1 Å². The summed E-state index contributed by atoms with van der Waals surface area (Å²) in [7, 11) is 1.55. The molecule has 1 saturated heterocycles. The number of oxime groups is 1. The average molecular weight is 538 g/mol. The first-order valence-electron chi connectivity index (χ1n) is 12.8. The molecule has 0 aliphatic carbocycles. The fourth-order valence-electron chi connectivity index (χ4n) is 4.52. The van der Waals surface area contributed by atoms with Crippen LogP contribution in [0.4, 0.5) is 5.69 Å². The number of hydrogen-bond donors (Lipinski definition) is 3. The number of nitrogens with zero attached hydrogens (tertiary/aromatic N) is 3. The van der Waals surface area contributed by atoms with Crippen LogP contribution in [-0.4, -0.2) is 70.2 Å². The number of amides is 4. The van der Waals surface area contributed by atoms with E-state index in [1.165, 1.54) is 29.2 Å². The van der Waals surface area contributed by atoms with Crippen molar-refractivity contribution in [2.75, 3.05) is 19.0 Å². The van der Waals surface area contributed by atoms with Crippen molar-refractivity contribution >= 4 is 35.2 Å². The Balaban J connectivity index is 1.76. The minimum Gasteiger partial charge on any atom is -0.497 e. The quantitative estimate of drug-likeness (QED) is 0.153. The molecule has 1 heterocycles. The fourth-order valence-corrected chi connectivity index (χ4v) is 4.52. The molecular weight excluding hydrogens is 502 g/mol. The molecule has 1 fully saturated rings. The Kier molecular flexibility index (Phi) is 9.78. The zero-order valence-electron chi connectivity index (χ0n) is 22.6.